The summed E-state index contributed by atoms with van der Waals surface area (Å²) in [7, 11) is 3.80. The molecule has 114 valence electrons. The van der Waals surface area contributed by atoms with E-state index in [0.717, 1.165) is 18.0 Å². The third kappa shape index (κ3) is 3.98. The van der Waals surface area contributed by atoms with E-state index in [4.69, 9.17) is 4.42 Å². The summed E-state index contributed by atoms with van der Waals surface area (Å²) >= 11 is 0. The Morgan fingerprint density at radius 3 is 2.52 bits per heavy atom. The van der Waals surface area contributed by atoms with Crippen LogP contribution in [0.4, 0.5) is 19.0 Å². The van der Waals surface area contributed by atoms with Crippen LogP contribution >= 0.6 is 0 Å². The minimum Gasteiger partial charge on any atom is -0.468 e. The molecule has 0 amide bonds. The number of aromatic nitrogens is 1. The van der Waals surface area contributed by atoms with Crippen molar-refractivity contribution in [3.8, 4) is 0 Å². The van der Waals surface area contributed by atoms with Crippen LogP contribution in [0.2, 0.25) is 0 Å². The number of nitrogens with one attached hydrogen (secondary N) is 1. The lowest BCUT2D eigenvalue weighted by atomic mass is 10.2. The van der Waals surface area contributed by atoms with E-state index in [0.29, 0.717) is 12.4 Å². The van der Waals surface area contributed by atoms with Crippen LogP contribution < -0.4 is 5.32 Å². The molecule has 4 nitrogen and oxygen atoms in total. The molecule has 2 rings (SSSR count). The van der Waals surface area contributed by atoms with Crippen molar-refractivity contribution in [2.75, 3.05) is 26.0 Å². The molecule has 2 aromatic rings. The van der Waals surface area contributed by atoms with Crippen molar-refractivity contribution in [3.05, 3.63) is 48.0 Å². The molecule has 0 saturated carbocycles. The Hall–Kier alpha value is -2.02. The summed E-state index contributed by atoms with van der Waals surface area (Å²) < 4.78 is 42.7. The first-order chi connectivity index (χ1) is 9.88. The molecule has 0 saturated heterocycles. The van der Waals surface area contributed by atoms with Crippen LogP contribution in [0.15, 0.2) is 41.1 Å². The lowest BCUT2D eigenvalue weighted by Crippen LogP contribution is -2.26. The first-order valence-corrected chi connectivity index (χ1v) is 6.35. The van der Waals surface area contributed by atoms with E-state index in [2.05, 4.69) is 10.3 Å². The van der Waals surface area contributed by atoms with Crippen LogP contribution in [0, 0.1) is 0 Å². The van der Waals surface area contributed by atoms with E-state index in [-0.39, 0.29) is 6.04 Å². The van der Waals surface area contributed by atoms with Crippen LogP contribution in [0.3, 0.4) is 0 Å². The summed E-state index contributed by atoms with van der Waals surface area (Å²) in [5.74, 6) is 1.17. The summed E-state index contributed by atoms with van der Waals surface area (Å²) in [5.41, 5.74) is -0.761. The minimum atomic E-state index is -4.37. The Morgan fingerprint density at radius 2 is 2.05 bits per heavy atom. The van der Waals surface area contributed by atoms with Crippen molar-refractivity contribution in [2.24, 2.45) is 0 Å². The van der Waals surface area contributed by atoms with Gasteiger partial charge in [-0.15, -0.1) is 0 Å². The smallest absolute Gasteiger partial charge is 0.417 e. The largest absolute Gasteiger partial charge is 0.468 e. The molecule has 2 heterocycles. The third-order valence-corrected chi connectivity index (χ3v) is 3.06. The van der Waals surface area contributed by atoms with Gasteiger partial charge in [-0.1, -0.05) is 0 Å². The van der Waals surface area contributed by atoms with Gasteiger partial charge >= 0.3 is 6.18 Å². The molecule has 2 aromatic heterocycles. The topological polar surface area (TPSA) is 41.3 Å². The summed E-state index contributed by atoms with van der Waals surface area (Å²) in [4.78, 5) is 5.73. The quantitative estimate of drug-likeness (QED) is 0.918. The van der Waals surface area contributed by atoms with Crippen molar-refractivity contribution in [1.29, 1.82) is 0 Å². The number of likely N-dealkylation sites (N-methyl/N-ethyl adjacent to an activating group) is 1. The van der Waals surface area contributed by atoms with E-state index in [1.54, 1.807) is 12.3 Å². The van der Waals surface area contributed by atoms with Gasteiger partial charge in [0.05, 0.1) is 17.9 Å². The number of halogens is 3. The highest BCUT2D eigenvalue weighted by atomic mass is 19.4. The fraction of sp³-hybridized carbons (Fsp3) is 0.357. The summed E-state index contributed by atoms with van der Waals surface area (Å²) in [5, 5.41) is 3.01. The number of hydrogen-bond acceptors (Lipinski definition) is 4. The zero-order valence-corrected chi connectivity index (χ0v) is 11.7. The molecule has 0 radical (unpaired) electrons. The molecule has 0 fully saturated rings. The molecule has 0 bridgehead atoms. The molecular formula is C14H16F3N3O. The summed E-state index contributed by atoms with van der Waals surface area (Å²) in [6.07, 6.45) is -1.96. The molecule has 0 aliphatic heterocycles. The maximum absolute atomic E-state index is 12.4. The second-order valence-electron chi connectivity index (χ2n) is 4.81. The maximum Gasteiger partial charge on any atom is 0.417 e. The van der Waals surface area contributed by atoms with Crippen molar-refractivity contribution in [2.45, 2.75) is 12.2 Å². The second kappa shape index (κ2) is 6.17. The zero-order valence-electron chi connectivity index (χ0n) is 11.7. The number of pyridine rings is 1. The SMILES string of the molecule is CN(C)C(CNc1ccc(C(F)(F)F)cn1)c1ccco1. The Kier molecular flexibility index (Phi) is 4.52. The first kappa shape index (κ1) is 15.4. The summed E-state index contributed by atoms with van der Waals surface area (Å²) in [6.45, 7) is 0.471. The Morgan fingerprint density at radius 1 is 1.29 bits per heavy atom. The lowest BCUT2D eigenvalue weighted by molar-refractivity contribution is -0.137. The van der Waals surface area contributed by atoms with Gasteiger partial charge in [0, 0.05) is 12.7 Å². The number of rotatable bonds is 5. The predicted octanol–water partition coefficient (Wildman–Crippen LogP) is 3.41. The monoisotopic (exact) mass is 299 g/mol. The minimum absolute atomic E-state index is 0.0379. The fourth-order valence-electron chi connectivity index (χ4n) is 1.89. The van der Waals surface area contributed by atoms with Gasteiger partial charge in [-0.05, 0) is 38.4 Å². The standard InChI is InChI=1S/C14H16F3N3O/c1-20(2)11(12-4-3-7-21-12)9-19-13-6-5-10(8-18-13)14(15,16)17/h3-8,11H,9H2,1-2H3,(H,18,19). The molecule has 1 unspecified atom stereocenters. The van der Waals surface area contributed by atoms with E-state index >= 15 is 0 Å². The highest BCUT2D eigenvalue weighted by molar-refractivity contribution is 5.36. The van der Waals surface area contributed by atoms with E-state index < -0.39 is 11.7 Å². The Labute approximate surface area is 120 Å². The summed E-state index contributed by atoms with van der Waals surface area (Å²) in [6, 6.07) is 5.93. The molecule has 21 heavy (non-hydrogen) atoms. The van der Waals surface area contributed by atoms with Gasteiger partial charge < -0.3 is 9.73 Å². The third-order valence-electron chi connectivity index (χ3n) is 3.06. The van der Waals surface area contributed by atoms with E-state index in [1.807, 2.05) is 25.1 Å². The van der Waals surface area contributed by atoms with Crippen LogP contribution in [0.25, 0.3) is 0 Å². The number of alkyl halides is 3. The molecular weight excluding hydrogens is 283 g/mol. The van der Waals surface area contributed by atoms with Crippen LogP contribution in [0.5, 0.6) is 0 Å². The number of furan rings is 1. The molecule has 0 aliphatic carbocycles. The Balaban J connectivity index is 2.01. The molecule has 7 heteroatoms. The highest BCUT2D eigenvalue weighted by Gasteiger charge is 2.30. The molecule has 0 aliphatic rings. The molecule has 0 aromatic carbocycles. The van der Waals surface area contributed by atoms with Gasteiger partial charge in [-0.2, -0.15) is 13.2 Å². The van der Waals surface area contributed by atoms with E-state index in [9.17, 15) is 13.2 Å². The average Bonchev–Trinajstić information content (AvgIpc) is 2.92. The molecule has 1 atom stereocenters. The van der Waals surface area contributed by atoms with Crippen molar-refractivity contribution in [3.63, 3.8) is 0 Å². The fourth-order valence-corrected chi connectivity index (χ4v) is 1.89. The van der Waals surface area contributed by atoms with Gasteiger partial charge in [0.25, 0.3) is 0 Å². The molecule has 1 N–H and O–H groups in total. The van der Waals surface area contributed by atoms with Crippen molar-refractivity contribution in [1.82, 2.24) is 9.88 Å². The van der Waals surface area contributed by atoms with Crippen LogP contribution in [-0.2, 0) is 6.18 Å². The first-order valence-electron chi connectivity index (χ1n) is 6.35. The zero-order chi connectivity index (χ0) is 15.5. The normalized spacial score (nSPS) is 13.4. The lowest BCUT2D eigenvalue weighted by Gasteiger charge is -2.22. The van der Waals surface area contributed by atoms with E-state index in [1.165, 1.54) is 6.07 Å². The predicted molar refractivity (Wildman–Crippen MR) is 72.9 cm³/mol. The van der Waals surface area contributed by atoms with Crippen LogP contribution in [0.1, 0.15) is 17.4 Å². The molecule has 0 spiro atoms. The van der Waals surface area contributed by atoms with Gasteiger partial charge in [-0.25, -0.2) is 4.98 Å². The average molecular weight is 299 g/mol. The van der Waals surface area contributed by atoms with Gasteiger partial charge in [0.15, 0.2) is 0 Å². The Bertz CT molecular complexity index is 550. The van der Waals surface area contributed by atoms with Gasteiger partial charge in [0.1, 0.15) is 11.6 Å². The second-order valence-corrected chi connectivity index (χ2v) is 4.81. The number of anilines is 1. The van der Waals surface area contributed by atoms with Crippen molar-refractivity contribution < 1.29 is 17.6 Å². The van der Waals surface area contributed by atoms with Gasteiger partial charge in [-0.3, -0.25) is 4.90 Å². The highest BCUT2D eigenvalue weighted by Crippen LogP contribution is 2.29. The van der Waals surface area contributed by atoms with Crippen molar-refractivity contribution >= 4 is 5.82 Å². The van der Waals surface area contributed by atoms with Crippen LogP contribution in [-0.4, -0.2) is 30.5 Å². The van der Waals surface area contributed by atoms with Gasteiger partial charge in [0.2, 0.25) is 0 Å². The maximum atomic E-state index is 12.4. The number of nitrogens with zero attached hydrogens (tertiary/aromatic N) is 2. The number of hydrogen-bond donors (Lipinski definition) is 1.